The van der Waals surface area contributed by atoms with Crippen LogP contribution in [0.2, 0.25) is 0 Å². The van der Waals surface area contributed by atoms with Crippen molar-refractivity contribution in [3.05, 3.63) is 35.4 Å². The molecule has 3 heteroatoms. The van der Waals surface area contributed by atoms with Gasteiger partial charge in [-0.05, 0) is 49.8 Å². The summed E-state index contributed by atoms with van der Waals surface area (Å²) in [5.74, 6) is 0.888. The Morgan fingerprint density at radius 3 is 2.58 bits per heavy atom. The molecule has 1 aliphatic carbocycles. The van der Waals surface area contributed by atoms with Gasteiger partial charge < -0.3 is 10.6 Å². The summed E-state index contributed by atoms with van der Waals surface area (Å²) < 4.78 is 0. The van der Waals surface area contributed by atoms with Crippen molar-refractivity contribution >= 4 is 5.91 Å². The van der Waals surface area contributed by atoms with Crippen LogP contribution in [0.3, 0.4) is 0 Å². The lowest BCUT2D eigenvalue weighted by Crippen LogP contribution is -2.36. The first kappa shape index (κ1) is 14.1. The normalized spacial score (nSPS) is 16.1. The van der Waals surface area contributed by atoms with Crippen LogP contribution in [0.4, 0.5) is 0 Å². The molecule has 0 saturated heterocycles. The smallest absolute Gasteiger partial charge is 0.234 e. The number of carbonyl (C=O) groups excluding carboxylic acids is 1. The lowest BCUT2D eigenvalue weighted by molar-refractivity contribution is -0.120. The maximum Gasteiger partial charge on any atom is 0.234 e. The van der Waals surface area contributed by atoms with Crippen molar-refractivity contribution in [2.45, 2.75) is 39.2 Å². The zero-order chi connectivity index (χ0) is 13.7. The number of hydrogen-bond donors (Lipinski definition) is 2. The van der Waals surface area contributed by atoms with Gasteiger partial charge in [0.1, 0.15) is 0 Å². The molecule has 0 aliphatic heterocycles. The Kier molecular flexibility index (Phi) is 4.97. The van der Waals surface area contributed by atoms with E-state index in [1.807, 2.05) is 6.92 Å². The van der Waals surface area contributed by atoms with E-state index >= 15 is 0 Å². The molecule has 0 heterocycles. The standard InChI is InChI=1S/C16H24N2O/c1-3-13-6-8-15(9-7-13)12(2)18-16(19)11-17-10-14-4-5-14/h6-9,12,14,17H,3-5,10-11H2,1-2H3,(H,18,19). The quantitative estimate of drug-likeness (QED) is 0.790. The number of benzene rings is 1. The van der Waals surface area contributed by atoms with Crippen molar-refractivity contribution < 1.29 is 4.79 Å². The molecule has 0 aromatic heterocycles. The molecule has 0 spiro atoms. The fourth-order valence-electron chi connectivity index (χ4n) is 2.13. The molecule has 3 nitrogen and oxygen atoms in total. The summed E-state index contributed by atoms with van der Waals surface area (Å²) in [4.78, 5) is 11.8. The van der Waals surface area contributed by atoms with E-state index in [0.29, 0.717) is 6.54 Å². The number of carbonyl (C=O) groups is 1. The summed E-state index contributed by atoms with van der Waals surface area (Å²) in [5, 5.41) is 6.24. The van der Waals surface area contributed by atoms with E-state index in [4.69, 9.17) is 0 Å². The topological polar surface area (TPSA) is 41.1 Å². The van der Waals surface area contributed by atoms with Gasteiger partial charge in [-0.2, -0.15) is 0 Å². The number of amides is 1. The lowest BCUT2D eigenvalue weighted by Gasteiger charge is -2.15. The summed E-state index contributed by atoms with van der Waals surface area (Å²) in [6, 6.07) is 8.52. The summed E-state index contributed by atoms with van der Waals surface area (Å²) in [6.07, 6.45) is 3.68. The Morgan fingerprint density at radius 2 is 2.00 bits per heavy atom. The number of aryl methyl sites for hydroxylation is 1. The maximum absolute atomic E-state index is 11.8. The molecule has 2 rings (SSSR count). The van der Waals surface area contributed by atoms with Crippen LogP contribution >= 0.6 is 0 Å². The average molecular weight is 260 g/mol. The Balaban J connectivity index is 1.74. The molecule has 1 aromatic rings. The summed E-state index contributed by atoms with van der Waals surface area (Å²) in [5.41, 5.74) is 2.49. The Hall–Kier alpha value is -1.35. The average Bonchev–Trinajstić information content (AvgIpc) is 3.23. The zero-order valence-corrected chi connectivity index (χ0v) is 11.9. The molecule has 104 valence electrons. The highest BCUT2D eigenvalue weighted by atomic mass is 16.1. The van der Waals surface area contributed by atoms with Crippen molar-refractivity contribution in [3.8, 4) is 0 Å². The molecule has 1 atom stereocenters. The van der Waals surface area contributed by atoms with Gasteiger partial charge in [0.05, 0.1) is 12.6 Å². The highest BCUT2D eigenvalue weighted by Crippen LogP contribution is 2.27. The van der Waals surface area contributed by atoms with Crippen LogP contribution < -0.4 is 10.6 Å². The first-order chi connectivity index (χ1) is 9.19. The number of nitrogens with one attached hydrogen (secondary N) is 2. The Bertz CT molecular complexity index is 409. The zero-order valence-electron chi connectivity index (χ0n) is 11.9. The summed E-state index contributed by atoms with van der Waals surface area (Å²) in [6.45, 7) is 5.58. The van der Waals surface area contributed by atoms with Crippen molar-refractivity contribution in [1.29, 1.82) is 0 Å². The molecule has 19 heavy (non-hydrogen) atoms. The minimum Gasteiger partial charge on any atom is -0.348 e. The number of rotatable bonds is 7. The van der Waals surface area contributed by atoms with Crippen molar-refractivity contribution in [2.75, 3.05) is 13.1 Å². The van der Waals surface area contributed by atoms with Gasteiger partial charge in [0, 0.05) is 0 Å². The van der Waals surface area contributed by atoms with Crippen LogP contribution in [0, 0.1) is 5.92 Å². The molecular weight excluding hydrogens is 236 g/mol. The van der Waals surface area contributed by atoms with Gasteiger partial charge in [-0.1, -0.05) is 31.2 Å². The van der Waals surface area contributed by atoms with E-state index in [0.717, 1.165) is 24.4 Å². The minimum absolute atomic E-state index is 0.0705. The van der Waals surface area contributed by atoms with E-state index in [1.54, 1.807) is 0 Å². The van der Waals surface area contributed by atoms with E-state index in [2.05, 4.69) is 41.8 Å². The minimum atomic E-state index is 0.0705. The summed E-state index contributed by atoms with van der Waals surface area (Å²) in [7, 11) is 0. The van der Waals surface area contributed by atoms with Gasteiger partial charge in [-0.3, -0.25) is 4.79 Å². The van der Waals surface area contributed by atoms with Gasteiger partial charge >= 0.3 is 0 Å². The van der Waals surface area contributed by atoms with Gasteiger partial charge in [-0.25, -0.2) is 0 Å². The largest absolute Gasteiger partial charge is 0.348 e. The van der Waals surface area contributed by atoms with E-state index in [9.17, 15) is 4.79 Å². The second-order valence-corrected chi connectivity index (χ2v) is 5.46. The maximum atomic E-state index is 11.8. The third-order valence-electron chi connectivity index (χ3n) is 3.68. The van der Waals surface area contributed by atoms with Gasteiger partial charge in [-0.15, -0.1) is 0 Å². The molecule has 1 aliphatic rings. The van der Waals surface area contributed by atoms with Gasteiger partial charge in [0.2, 0.25) is 5.91 Å². The Labute approximate surface area is 115 Å². The highest BCUT2D eigenvalue weighted by molar-refractivity contribution is 5.78. The van der Waals surface area contributed by atoms with E-state index in [-0.39, 0.29) is 11.9 Å². The fraction of sp³-hybridized carbons (Fsp3) is 0.562. The van der Waals surface area contributed by atoms with Crippen molar-refractivity contribution in [3.63, 3.8) is 0 Å². The third kappa shape index (κ3) is 4.67. The Morgan fingerprint density at radius 1 is 1.32 bits per heavy atom. The molecule has 1 amide bonds. The molecule has 1 aromatic carbocycles. The predicted octanol–water partition coefficient (Wildman–Crippen LogP) is 2.43. The second kappa shape index (κ2) is 6.71. The molecule has 1 fully saturated rings. The predicted molar refractivity (Wildman–Crippen MR) is 78.0 cm³/mol. The first-order valence-electron chi connectivity index (χ1n) is 7.28. The molecule has 2 N–H and O–H groups in total. The van der Waals surface area contributed by atoms with Crippen LogP contribution in [0.15, 0.2) is 24.3 Å². The van der Waals surface area contributed by atoms with Gasteiger partial charge in [0.15, 0.2) is 0 Å². The first-order valence-corrected chi connectivity index (χ1v) is 7.28. The fourth-order valence-corrected chi connectivity index (χ4v) is 2.13. The SMILES string of the molecule is CCc1ccc(C(C)NC(=O)CNCC2CC2)cc1. The van der Waals surface area contributed by atoms with Crippen molar-refractivity contribution in [2.24, 2.45) is 5.92 Å². The van der Waals surface area contributed by atoms with E-state index < -0.39 is 0 Å². The molecular formula is C16H24N2O. The highest BCUT2D eigenvalue weighted by Gasteiger charge is 2.20. The molecule has 1 saturated carbocycles. The van der Waals surface area contributed by atoms with Crippen LogP contribution in [0.1, 0.15) is 43.9 Å². The van der Waals surface area contributed by atoms with Crippen molar-refractivity contribution in [1.82, 2.24) is 10.6 Å². The molecule has 0 bridgehead atoms. The second-order valence-electron chi connectivity index (χ2n) is 5.46. The monoisotopic (exact) mass is 260 g/mol. The lowest BCUT2D eigenvalue weighted by atomic mass is 10.1. The molecule has 1 unspecified atom stereocenters. The van der Waals surface area contributed by atoms with Crippen LogP contribution in [0.5, 0.6) is 0 Å². The third-order valence-corrected chi connectivity index (χ3v) is 3.68. The van der Waals surface area contributed by atoms with Crippen LogP contribution in [-0.4, -0.2) is 19.0 Å². The van der Waals surface area contributed by atoms with Crippen LogP contribution in [-0.2, 0) is 11.2 Å². The summed E-state index contributed by atoms with van der Waals surface area (Å²) >= 11 is 0. The number of hydrogen-bond acceptors (Lipinski definition) is 2. The van der Waals surface area contributed by atoms with Crippen LogP contribution in [0.25, 0.3) is 0 Å². The van der Waals surface area contributed by atoms with E-state index in [1.165, 1.54) is 18.4 Å². The van der Waals surface area contributed by atoms with Gasteiger partial charge in [0.25, 0.3) is 0 Å². The molecule has 0 radical (unpaired) electrons.